The Kier molecular flexibility index (Phi) is 7.94. The van der Waals surface area contributed by atoms with Gasteiger partial charge >= 0.3 is 5.97 Å². The van der Waals surface area contributed by atoms with Crippen LogP contribution in [0.2, 0.25) is 0 Å². The molecule has 4 aliphatic heterocycles. The molecule has 0 aromatic carbocycles. The highest BCUT2D eigenvalue weighted by atomic mass is 16.7. The molecule has 5 rings (SSSR count). The minimum absolute atomic E-state index is 0.0431. The molecule has 8 heteroatoms. The van der Waals surface area contributed by atoms with E-state index in [-0.39, 0.29) is 30.4 Å². The standard InChI is InChI=1S/C31H43NO7/c1-18-7-6-8-23-17-36-28-27(32-35)21(4)14-26(31(23,28)34)29(33)37-25-15-24(10-9-19(2)13-18)39-30(16-25)12-11-20(3)22(5)38-30/h6-9,14,18,20,22,24-26,28,34-35H,10-13,15-17H2,1-5H3/b7-6+,19-9+,23-8+,32-27-/t18-,20-,22+,24+,25?,26-,28+,30-,31+/m0/s1. The Hall–Kier alpha value is -2.26. The van der Waals surface area contributed by atoms with Gasteiger partial charge in [-0.3, -0.25) is 4.79 Å². The van der Waals surface area contributed by atoms with Gasteiger partial charge in [0.1, 0.15) is 29.4 Å². The molecule has 0 radical (unpaired) electrons. The third kappa shape index (κ3) is 5.41. The fraction of sp³-hybridized carbons (Fsp3) is 0.677. The number of hydrogen-bond donors (Lipinski definition) is 2. The van der Waals surface area contributed by atoms with Crippen LogP contribution in [-0.4, -0.2) is 64.4 Å². The zero-order valence-electron chi connectivity index (χ0n) is 23.8. The number of allylic oxidation sites excluding steroid dienone is 4. The van der Waals surface area contributed by atoms with Crippen molar-refractivity contribution in [2.45, 2.75) is 109 Å². The normalized spacial score (nSPS) is 47.8. The van der Waals surface area contributed by atoms with E-state index in [9.17, 15) is 15.1 Å². The zero-order valence-corrected chi connectivity index (χ0v) is 23.8. The first kappa shape index (κ1) is 28.3. The molecule has 214 valence electrons. The summed E-state index contributed by atoms with van der Waals surface area (Å²) >= 11 is 0. The van der Waals surface area contributed by atoms with Crippen molar-refractivity contribution in [3.8, 4) is 0 Å². The Balaban J connectivity index is 1.53. The second kappa shape index (κ2) is 11.0. The first-order valence-corrected chi connectivity index (χ1v) is 14.4. The average molecular weight is 542 g/mol. The van der Waals surface area contributed by atoms with Gasteiger partial charge in [0.05, 0.1) is 18.8 Å². The van der Waals surface area contributed by atoms with Crippen molar-refractivity contribution in [2.24, 2.45) is 22.9 Å². The lowest BCUT2D eigenvalue weighted by molar-refractivity contribution is -0.332. The van der Waals surface area contributed by atoms with E-state index in [1.165, 1.54) is 5.57 Å². The lowest BCUT2D eigenvalue weighted by Crippen LogP contribution is -2.57. The van der Waals surface area contributed by atoms with E-state index in [0.29, 0.717) is 36.3 Å². The summed E-state index contributed by atoms with van der Waals surface area (Å²) in [6.07, 6.45) is 12.6. The van der Waals surface area contributed by atoms with Crippen LogP contribution in [0, 0.1) is 17.8 Å². The van der Waals surface area contributed by atoms with E-state index < -0.39 is 35.5 Å². The Morgan fingerprint density at radius 3 is 2.67 bits per heavy atom. The molecular weight excluding hydrogens is 498 g/mol. The molecule has 39 heavy (non-hydrogen) atoms. The van der Waals surface area contributed by atoms with Gasteiger partial charge in [-0.15, -0.1) is 0 Å². The predicted molar refractivity (Wildman–Crippen MR) is 146 cm³/mol. The van der Waals surface area contributed by atoms with E-state index in [0.717, 1.165) is 19.3 Å². The summed E-state index contributed by atoms with van der Waals surface area (Å²) in [4.78, 5) is 13.9. The second-order valence-electron chi connectivity index (χ2n) is 12.4. The van der Waals surface area contributed by atoms with Gasteiger partial charge in [0.2, 0.25) is 0 Å². The molecule has 3 fully saturated rings. The number of hydrogen-bond acceptors (Lipinski definition) is 8. The van der Waals surface area contributed by atoms with Crippen molar-refractivity contribution in [1.29, 1.82) is 0 Å². The minimum atomic E-state index is -1.72. The summed E-state index contributed by atoms with van der Waals surface area (Å²) in [5.74, 6) is -1.62. The molecule has 9 atom stereocenters. The molecule has 2 N–H and O–H groups in total. The van der Waals surface area contributed by atoms with Crippen molar-refractivity contribution in [3.05, 3.63) is 47.1 Å². The van der Waals surface area contributed by atoms with Gasteiger partial charge < -0.3 is 29.3 Å². The van der Waals surface area contributed by atoms with Crippen LogP contribution >= 0.6 is 0 Å². The summed E-state index contributed by atoms with van der Waals surface area (Å²) < 4.78 is 25.3. The Morgan fingerprint density at radius 2 is 1.92 bits per heavy atom. The zero-order chi connectivity index (χ0) is 27.9. The van der Waals surface area contributed by atoms with E-state index in [1.54, 1.807) is 13.0 Å². The largest absolute Gasteiger partial charge is 0.462 e. The lowest BCUT2D eigenvalue weighted by Gasteiger charge is -2.49. The van der Waals surface area contributed by atoms with Crippen LogP contribution in [0.3, 0.4) is 0 Å². The van der Waals surface area contributed by atoms with Gasteiger partial charge in [-0.25, -0.2) is 0 Å². The Labute approximate surface area is 231 Å². The number of nitrogens with zero attached hydrogens (tertiary/aromatic N) is 1. The molecule has 8 nitrogen and oxygen atoms in total. The Morgan fingerprint density at radius 1 is 1.13 bits per heavy atom. The summed E-state index contributed by atoms with van der Waals surface area (Å²) in [6, 6.07) is 0. The third-order valence-electron chi connectivity index (χ3n) is 9.25. The molecule has 1 spiro atoms. The number of esters is 1. The van der Waals surface area contributed by atoms with Crippen LogP contribution in [0.1, 0.15) is 73.1 Å². The van der Waals surface area contributed by atoms with Gasteiger partial charge in [-0.05, 0) is 63.0 Å². The number of carbonyl (C=O) groups is 1. The van der Waals surface area contributed by atoms with E-state index in [1.807, 2.05) is 12.2 Å². The molecule has 0 saturated carbocycles. The first-order chi connectivity index (χ1) is 18.5. The second-order valence-corrected chi connectivity index (χ2v) is 12.4. The number of carbonyl (C=O) groups excluding carboxylic acids is 1. The van der Waals surface area contributed by atoms with Crippen molar-refractivity contribution in [3.63, 3.8) is 0 Å². The molecule has 1 aliphatic carbocycles. The molecule has 0 aromatic heterocycles. The predicted octanol–water partition coefficient (Wildman–Crippen LogP) is 5.00. The number of oxime groups is 1. The van der Waals surface area contributed by atoms with Crippen LogP contribution in [0.15, 0.2) is 52.3 Å². The molecule has 0 aromatic rings. The van der Waals surface area contributed by atoms with E-state index in [2.05, 4.69) is 45.0 Å². The van der Waals surface area contributed by atoms with E-state index in [4.69, 9.17) is 18.9 Å². The smallest absolute Gasteiger partial charge is 0.316 e. The quantitative estimate of drug-likeness (QED) is 0.192. The summed E-state index contributed by atoms with van der Waals surface area (Å²) in [7, 11) is 0. The molecule has 4 heterocycles. The molecule has 0 amide bonds. The van der Waals surface area contributed by atoms with Crippen LogP contribution in [0.5, 0.6) is 0 Å². The summed E-state index contributed by atoms with van der Waals surface area (Å²) in [5, 5.41) is 25.2. The van der Waals surface area contributed by atoms with Crippen LogP contribution in [0.25, 0.3) is 0 Å². The van der Waals surface area contributed by atoms with Gasteiger partial charge in [-0.1, -0.05) is 55.0 Å². The fourth-order valence-electron chi connectivity index (χ4n) is 6.85. The van der Waals surface area contributed by atoms with Crippen molar-refractivity contribution in [1.82, 2.24) is 0 Å². The summed E-state index contributed by atoms with van der Waals surface area (Å²) in [6.45, 7) is 10.4. The highest BCUT2D eigenvalue weighted by Gasteiger charge is 2.59. The number of rotatable bonds is 0. The maximum atomic E-state index is 13.9. The SMILES string of the molecule is CC1=C[C@H]2C(=O)OC3C[C@@H](C/C=C(\C)C[C@@H](C)/C=C/C=C4\CO[C@H](/C1=N\O)[C@@]42O)O[C@@]1(CC[C@H](C)[C@@H](C)O1)C3. The average Bonchev–Trinajstić information content (AvgIpc) is 3.21. The molecule has 5 aliphatic rings. The number of fused-ring (bicyclic) bond motifs is 2. The molecule has 2 bridgehead atoms. The van der Waals surface area contributed by atoms with Crippen molar-refractivity contribution in [2.75, 3.05) is 6.61 Å². The number of ether oxygens (including phenoxy) is 4. The first-order valence-electron chi connectivity index (χ1n) is 14.4. The van der Waals surface area contributed by atoms with Crippen molar-refractivity contribution >= 4 is 11.7 Å². The van der Waals surface area contributed by atoms with Gasteiger partial charge in [0.15, 0.2) is 5.79 Å². The highest BCUT2D eigenvalue weighted by molar-refractivity contribution is 6.06. The topological polar surface area (TPSA) is 107 Å². The van der Waals surface area contributed by atoms with Gasteiger partial charge in [-0.2, -0.15) is 0 Å². The highest BCUT2D eigenvalue weighted by Crippen LogP contribution is 2.46. The van der Waals surface area contributed by atoms with Crippen LogP contribution < -0.4 is 0 Å². The van der Waals surface area contributed by atoms with Gasteiger partial charge in [0, 0.05) is 19.3 Å². The van der Waals surface area contributed by atoms with E-state index >= 15 is 0 Å². The maximum Gasteiger partial charge on any atom is 0.316 e. The third-order valence-corrected chi connectivity index (χ3v) is 9.25. The lowest BCUT2D eigenvalue weighted by atomic mass is 9.71. The monoisotopic (exact) mass is 541 g/mol. The van der Waals surface area contributed by atoms with Crippen molar-refractivity contribution < 1.29 is 34.1 Å². The molecule has 1 unspecified atom stereocenters. The van der Waals surface area contributed by atoms with Crippen LogP contribution in [-0.2, 0) is 23.7 Å². The van der Waals surface area contributed by atoms with Crippen LogP contribution in [0.4, 0.5) is 0 Å². The van der Waals surface area contributed by atoms with Gasteiger partial charge in [0.25, 0.3) is 0 Å². The minimum Gasteiger partial charge on any atom is -0.462 e. The molecular formula is C31H43NO7. The summed E-state index contributed by atoms with van der Waals surface area (Å²) in [5.41, 5.74) is 0.916. The Bertz CT molecular complexity index is 1120. The number of aliphatic hydroxyl groups is 1. The maximum absolute atomic E-state index is 13.9. The fourth-order valence-corrected chi connectivity index (χ4v) is 6.85. The molecule has 3 saturated heterocycles.